The van der Waals surface area contributed by atoms with Crippen molar-refractivity contribution in [3.63, 3.8) is 0 Å². The van der Waals surface area contributed by atoms with E-state index in [0.29, 0.717) is 18.7 Å². The molecule has 0 aliphatic heterocycles. The zero-order valence-electron chi connectivity index (χ0n) is 11.6. The highest BCUT2D eigenvalue weighted by Gasteiger charge is 2.05. The van der Waals surface area contributed by atoms with Gasteiger partial charge in [-0.25, -0.2) is 14.8 Å². The van der Waals surface area contributed by atoms with Crippen LogP contribution in [0.5, 0.6) is 0 Å². The van der Waals surface area contributed by atoms with E-state index in [1.54, 1.807) is 12.1 Å². The molecule has 1 heterocycles. The minimum absolute atomic E-state index is 0.0600. The van der Waals surface area contributed by atoms with Crippen LogP contribution in [0, 0.1) is 13.8 Å². The average Bonchev–Trinajstić information content (AvgIpc) is 2.41. The SMILES string of the molecule is Cc1nc2ccc(NC(=O)NCCCO)cc2nc1C. The summed E-state index contributed by atoms with van der Waals surface area (Å²) >= 11 is 0. The number of carbonyl (C=O) groups excluding carboxylic acids is 1. The number of hydrogen-bond donors (Lipinski definition) is 3. The molecule has 20 heavy (non-hydrogen) atoms. The van der Waals surface area contributed by atoms with Crippen LogP contribution in [0.25, 0.3) is 11.0 Å². The number of aliphatic hydroxyl groups excluding tert-OH is 1. The third-order valence-electron chi connectivity index (χ3n) is 2.95. The number of nitrogens with one attached hydrogen (secondary N) is 2. The van der Waals surface area contributed by atoms with Crippen molar-refractivity contribution in [2.75, 3.05) is 18.5 Å². The second-order valence-electron chi connectivity index (χ2n) is 4.56. The molecule has 0 aliphatic carbocycles. The maximum Gasteiger partial charge on any atom is 0.319 e. The molecule has 1 aromatic carbocycles. The van der Waals surface area contributed by atoms with Crippen LogP contribution in [0.1, 0.15) is 17.8 Å². The molecule has 0 spiro atoms. The van der Waals surface area contributed by atoms with Crippen molar-refractivity contribution in [2.24, 2.45) is 0 Å². The van der Waals surface area contributed by atoms with Gasteiger partial charge >= 0.3 is 6.03 Å². The Morgan fingerprint density at radius 1 is 1.20 bits per heavy atom. The largest absolute Gasteiger partial charge is 0.396 e. The summed E-state index contributed by atoms with van der Waals surface area (Å²) in [4.78, 5) is 20.5. The van der Waals surface area contributed by atoms with Crippen molar-refractivity contribution in [1.29, 1.82) is 0 Å². The van der Waals surface area contributed by atoms with Crippen molar-refractivity contribution < 1.29 is 9.90 Å². The van der Waals surface area contributed by atoms with Crippen molar-refractivity contribution >= 4 is 22.8 Å². The monoisotopic (exact) mass is 274 g/mol. The molecule has 0 bridgehead atoms. The van der Waals surface area contributed by atoms with Crippen molar-refractivity contribution in [3.05, 3.63) is 29.6 Å². The Bertz CT molecular complexity index is 628. The molecule has 6 nitrogen and oxygen atoms in total. The summed E-state index contributed by atoms with van der Waals surface area (Å²) in [6.45, 7) is 4.32. The van der Waals surface area contributed by atoms with E-state index in [9.17, 15) is 4.79 Å². The highest BCUT2D eigenvalue weighted by molar-refractivity contribution is 5.91. The molecule has 6 heteroatoms. The minimum atomic E-state index is -0.297. The van der Waals surface area contributed by atoms with Gasteiger partial charge in [0.15, 0.2) is 0 Å². The number of fused-ring (bicyclic) bond motifs is 1. The quantitative estimate of drug-likeness (QED) is 0.741. The van der Waals surface area contributed by atoms with Crippen LogP contribution in [0.2, 0.25) is 0 Å². The molecule has 3 N–H and O–H groups in total. The van der Waals surface area contributed by atoms with E-state index in [4.69, 9.17) is 5.11 Å². The second kappa shape index (κ2) is 6.29. The number of hydrogen-bond acceptors (Lipinski definition) is 4. The maximum atomic E-state index is 11.6. The molecule has 1 aromatic heterocycles. The van der Waals surface area contributed by atoms with Gasteiger partial charge in [-0.3, -0.25) is 0 Å². The predicted molar refractivity (Wildman–Crippen MR) is 77.7 cm³/mol. The maximum absolute atomic E-state index is 11.6. The Morgan fingerprint density at radius 3 is 2.60 bits per heavy atom. The number of urea groups is 1. The van der Waals surface area contributed by atoms with Gasteiger partial charge in [0, 0.05) is 18.8 Å². The molecule has 0 fully saturated rings. The first-order valence-corrected chi connectivity index (χ1v) is 6.51. The highest BCUT2D eigenvalue weighted by atomic mass is 16.3. The number of amides is 2. The van der Waals surface area contributed by atoms with Gasteiger partial charge in [0.25, 0.3) is 0 Å². The van der Waals surface area contributed by atoms with E-state index in [1.165, 1.54) is 0 Å². The minimum Gasteiger partial charge on any atom is -0.396 e. The first-order valence-electron chi connectivity index (χ1n) is 6.51. The van der Waals surface area contributed by atoms with Crippen LogP contribution in [-0.2, 0) is 0 Å². The molecule has 2 aromatic rings. The lowest BCUT2D eigenvalue weighted by molar-refractivity contribution is 0.249. The van der Waals surface area contributed by atoms with Gasteiger partial charge in [-0.15, -0.1) is 0 Å². The fourth-order valence-electron chi connectivity index (χ4n) is 1.76. The van der Waals surface area contributed by atoms with Crippen LogP contribution in [-0.4, -0.2) is 34.3 Å². The fraction of sp³-hybridized carbons (Fsp3) is 0.357. The lowest BCUT2D eigenvalue weighted by atomic mass is 10.2. The zero-order valence-corrected chi connectivity index (χ0v) is 11.6. The smallest absolute Gasteiger partial charge is 0.319 e. The van der Waals surface area contributed by atoms with Crippen molar-refractivity contribution in [3.8, 4) is 0 Å². The Morgan fingerprint density at radius 2 is 1.90 bits per heavy atom. The number of benzene rings is 1. The number of nitrogens with zero attached hydrogens (tertiary/aromatic N) is 2. The van der Waals surface area contributed by atoms with Gasteiger partial charge in [0.05, 0.1) is 22.4 Å². The Labute approximate surface area is 117 Å². The van der Waals surface area contributed by atoms with Crippen molar-refractivity contribution in [2.45, 2.75) is 20.3 Å². The summed E-state index contributed by atoms with van der Waals surface area (Å²) in [5.74, 6) is 0. The fourth-order valence-corrected chi connectivity index (χ4v) is 1.76. The van der Waals surface area contributed by atoms with E-state index in [2.05, 4.69) is 20.6 Å². The van der Waals surface area contributed by atoms with E-state index in [-0.39, 0.29) is 12.6 Å². The Kier molecular flexibility index (Phi) is 4.47. The molecule has 0 radical (unpaired) electrons. The molecule has 2 amide bonds. The van der Waals surface area contributed by atoms with Gasteiger partial charge in [0.1, 0.15) is 0 Å². The zero-order chi connectivity index (χ0) is 14.5. The number of carbonyl (C=O) groups is 1. The summed E-state index contributed by atoms with van der Waals surface area (Å²) < 4.78 is 0. The first kappa shape index (κ1) is 14.2. The van der Waals surface area contributed by atoms with E-state index < -0.39 is 0 Å². The Hall–Kier alpha value is -2.21. The van der Waals surface area contributed by atoms with Gasteiger partial charge in [-0.1, -0.05) is 0 Å². The molecule has 0 saturated carbocycles. The molecular weight excluding hydrogens is 256 g/mol. The first-order chi connectivity index (χ1) is 9.60. The normalized spacial score (nSPS) is 10.6. The molecule has 0 saturated heterocycles. The summed E-state index contributed by atoms with van der Waals surface area (Å²) in [5.41, 5.74) is 4.00. The van der Waals surface area contributed by atoms with E-state index in [1.807, 2.05) is 19.9 Å². The van der Waals surface area contributed by atoms with Crippen LogP contribution in [0.15, 0.2) is 18.2 Å². The van der Waals surface area contributed by atoms with Crippen LogP contribution >= 0.6 is 0 Å². The summed E-state index contributed by atoms with van der Waals surface area (Å²) in [7, 11) is 0. The average molecular weight is 274 g/mol. The molecular formula is C14H18N4O2. The lowest BCUT2D eigenvalue weighted by Gasteiger charge is -2.08. The standard InChI is InChI=1S/C14H18N4O2/c1-9-10(2)17-13-8-11(4-5-12(13)16-9)18-14(20)15-6-3-7-19/h4-5,8,19H,3,6-7H2,1-2H3,(H2,15,18,20). The molecule has 2 rings (SSSR count). The third kappa shape index (κ3) is 3.42. The van der Waals surface area contributed by atoms with Gasteiger partial charge in [-0.05, 0) is 38.5 Å². The van der Waals surface area contributed by atoms with Crippen molar-refractivity contribution in [1.82, 2.24) is 15.3 Å². The molecule has 0 unspecified atom stereocenters. The summed E-state index contributed by atoms with van der Waals surface area (Å²) in [5, 5.41) is 14.0. The molecule has 0 atom stereocenters. The van der Waals surface area contributed by atoms with Crippen LogP contribution in [0.4, 0.5) is 10.5 Å². The molecule has 0 aliphatic rings. The van der Waals surface area contributed by atoms with Gasteiger partial charge < -0.3 is 15.7 Å². The highest BCUT2D eigenvalue weighted by Crippen LogP contribution is 2.17. The van der Waals surface area contributed by atoms with E-state index >= 15 is 0 Å². The number of anilines is 1. The van der Waals surface area contributed by atoms with Crippen LogP contribution < -0.4 is 10.6 Å². The summed E-state index contributed by atoms with van der Waals surface area (Å²) in [6, 6.07) is 5.12. The number of aromatic nitrogens is 2. The Balaban J connectivity index is 2.11. The number of aryl methyl sites for hydroxylation is 2. The third-order valence-corrected chi connectivity index (χ3v) is 2.95. The van der Waals surface area contributed by atoms with E-state index in [0.717, 1.165) is 22.4 Å². The van der Waals surface area contributed by atoms with Crippen LogP contribution in [0.3, 0.4) is 0 Å². The number of aliphatic hydroxyl groups is 1. The second-order valence-corrected chi connectivity index (χ2v) is 4.56. The topological polar surface area (TPSA) is 87.1 Å². The summed E-state index contributed by atoms with van der Waals surface area (Å²) in [6.07, 6.45) is 0.537. The lowest BCUT2D eigenvalue weighted by Crippen LogP contribution is -2.29. The molecule has 106 valence electrons. The van der Waals surface area contributed by atoms with Gasteiger partial charge in [-0.2, -0.15) is 0 Å². The number of rotatable bonds is 4. The predicted octanol–water partition coefficient (Wildman–Crippen LogP) is 1.75. The van der Waals surface area contributed by atoms with Gasteiger partial charge in [0.2, 0.25) is 0 Å².